The molecule has 0 amide bonds. The van der Waals surface area contributed by atoms with Gasteiger partial charge in [-0.25, -0.2) is 0 Å². The van der Waals surface area contributed by atoms with Gasteiger partial charge in [0.2, 0.25) is 0 Å². The largest absolute Gasteiger partial charge is 0.388 e. The Morgan fingerprint density at radius 1 is 1.11 bits per heavy atom. The Labute approximate surface area is 115 Å². The fraction of sp³-hybridized carbons (Fsp3) is 0.133. The standard InChI is InChI=1S/C15H14BrNO/c1-10-3-6-12(16)9-14(10)15(18)11-4-7-13(17-2)8-5-11/h3-9,17H,1-2H3. The number of aryl methyl sites for hydroxylation is 1. The monoisotopic (exact) mass is 303 g/mol. The van der Waals surface area contributed by atoms with Crippen molar-refractivity contribution in [1.82, 2.24) is 0 Å². The number of halogens is 1. The van der Waals surface area contributed by atoms with E-state index in [1.165, 1.54) is 0 Å². The number of anilines is 1. The summed E-state index contributed by atoms with van der Waals surface area (Å²) >= 11 is 3.40. The minimum atomic E-state index is 0.0523. The number of benzene rings is 2. The van der Waals surface area contributed by atoms with E-state index in [9.17, 15) is 4.79 Å². The van der Waals surface area contributed by atoms with Crippen molar-refractivity contribution in [3.63, 3.8) is 0 Å². The van der Waals surface area contributed by atoms with Crippen LogP contribution in [0, 0.1) is 6.92 Å². The minimum absolute atomic E-state index is 0.0523. The molecule has 0 atom stereocenters. The average molecular weight is 304 g/mol. The molecule has 0 saturated carbocycles. The van der Waals surface area contributed by atoms with Crippen LogP contribution in [-0.4, -0.2) is 12.8 Å². The molecule has 0 aliphatic carbocycles. The van der Waals surface area contributed by atoms with Crippen LogP contribution >= 0.6 is 15.9 Å². The summed E-state index contributed by atoms with van der Waals surface area (Å²) in [5.41, 5.74) is 3.43. The molecule has 0 bridgehead atoms. The van der Waals surface area contributed by atoms with E-state index in [1.54, 1.807) is 0 Å². The fourth-order valence-electron chi connectivity index (χ4n) is 1.78. The van der Waals surface area contributed by atoms with Gasteiger partial charge in [0, 0.05) is 28.3 Å². The zero-order chi connectivity index (χ0) is 13.1. The maximum Gasteiger partial charge on any atom is 0.193 e. The Morgan fingerprint density at radius 3 is 2.39 bits per heavy atom. The number of rotatable bonds is 3. The number of carbonyl (C=O) groups excluding carboxylic acids is 1. The van der Waals surface area contributed by atoms with Crippen molar-refractivity contribution in [2.75, 3.05) is 12.4 Å². The first-order valence-corrected chi connectivity index (χ1v) is 6.50. The molecular weight excluding hydrogens is 290 g/mol. The average Bonchev–Trinajstić information content (AvgIpc) is 2.41. The summed E-state index contributed by atoms with van der Waals surface area (Å²) in [6.45, 7) is 1.95. The van der Waals surface area contributed by atoms with Gasteiger partial charge in [0.25, 0.3) is 0 Å². The van der Waals surface area contributed by atoms with Crippen LogP contribution in [0.3, 0.4) is 0 Å². The van der Waals surface area contributed by atoms with E-state index < -0.39 is 0 Å². The third kappa shape index (κ3) is 2.62. The van der Waals surface area contributed by atoms with Crippen molar-refractivity contribution in [3.05, 3.63) is 63.6 Å². The summed E-state index contributed by atoms with van der Waals surface area (Å²) in [5.74, 6) is 0.0523. The Hall–Kier alpha value is -1.61. The molecule has 0 heterocycles. The van der Waals surface area contributed by atoms with E-state index >= 15 is 0 Å². The summed E-state index contributed by atoms with van der Waals surface area (Å²) in [6.07, 6.45) is 0. The Morgan fingerprint density at radius 2 is 1.78 bits per heavy atom. The van der Waals surface area contributed by atoms with Crippen LogP contribution in [0.1, 0.15) is 21.5 Å². The molecule has 0 saturated heterocycles. The lowest BCUT2D eigenvalue weighted by molar-refractivity contribution is 0.103. The van der Waals surface area contributed by atoms with Crippen LogP contribution in [0.15, 0.2) is 46.9 Å². The first kappa shape index (κ1) is 12.8. The zero-order valence-electron chi connectivity index (χ0n) is 10.3. The van der Waals surface area contributed by atoms with E-state index in [-0.39, 0.29) is 5.78 Å². The van der Waals surface area contributed by atoms with Gasteiger partial charge in [-0.2, -0.15) is 0 Å². The Bertz CT molecular complexity index is 576. The second-order valence-corrected chi connectivity index (χ2v) is 5.03. The van der Waals surface area contributed by atoms with Gasteiger partial charge in [-0.15, -0.1) is 0 Å². The fourth-order valence-corrected chi connectivity index (χ4v) is 2.14. The molecule has 0 fully saturated rings. The van der Waals surface area contributed by atoms with Crippen LogP contribution < -0.4 is 5.32 Å². The van der Waals surface area contributed by atoms with Crippen molar-refractivity contribution in [1.29, 1.82) is 0 Å². The molecule has 2 aromatic rings. The molecule has 92 valence electrons. The van der Waals surface area contributed by atoms with Gasteiger partial charge in [-0.05, 0) is 48.9 Å². The lowest BCUT2D eigenvalue weighted by Gasteiger charge is -2.07. The van der Waals surface area contributed by atoms with E-state index in [1.807, 2.05) is 56.4 Å². The first-order chi connectivity index (χ1) is 8.61. The number of nitrogens with one attached hydrogen (secondary N) is 1. The van der Waals surface area contributed by atoms with Crippen molar-refractivity contribution >= 4 is 27.4 Å². The SMILES string of the molecule is CNc1ccc(C(=O)c2cc(Br)ccc2C)cc1. The number of hydrogen-bond donors (Lipinski definition) is 1. The van der Waals surface area contributed by atoms with E-state index in [0.29, 0.717) is 5.56 Å². The molecule has 2 nitrogen and oxygen atoms in total. The number of ketones is 1. The van der Waals surface area contributed by atoms with Crippen LogP contribution in [-0.2, 0) is 0 Å². The molecule has 0 radical (unpaired) electrons. The highest BCUT2D eigenvalue weighted by molar-refractivity contribution is 9.10. The quantitative estimate of drug-likeness (QED) is 0.867. The number of hydrogen-bond acceptors (Lipinski definition) is 2. The molecule has 18 heavy (non-hydrogen) atoms. The summed E-state index contributed by atoms with van der Waals surface area (Å²) in [4.78, 5) is 12.4. The second kappa shape index (κ2) is 5.36. The molecule has 0 unspecified atom stereocenters. The Kier molecular flexibility index (Phi) is 3.82. The van der Waals surface area contributed by atoms with Gasteiger partial charge < -0.3 is 5.32 Å². The highest BCUT2D eigenvalue weighted by atomic mass is 79.9. The second-order valence-electron chi connectivity index (χ2n) is 4.12. The van der Waals surface area contributed by atoms with E-state index in [2.05, 4.69) is 21.2 Å². The van der Waals surface area contributed by atoms with Crippen molar-refractivity contribution in [3.8, 4) is 0 Å². The van der Waals surface area contributed by atoms with Gasteiger partial charge in [-0.1, -0.05) is 22.0 Å². The molecular formula is C15H14BrNO. The predicted octanol–water partition coefficient (Wildman–Crippen LogP) is 4.03. The highest BCUT2D eigenvalue weighted by Gasteiger charge is 2.11. The maximum atomic E-state index is 12.4. The van der Waals surface area contributed by atoms with Crippen molar-refractivity contribution in [2.24, 2.45) is 0 Å². The normalized spacial score (nSPS) is 10.2. The third-order valence-corrected chi connectivity index (χ3v) is 3.37. The lowest BCUT2D eigenvalue weighted by atomic mass is 9.99. The molecule has 3 heteroatoms. The molecule has 0 aliphatic rings. The topological polar surface area (TPSA) is 29.1 Å². The molecule has 0 spiro atoms. The minimum Gasteiger partial charge on any atom is -0.388 e. The molecule has 2 rings (SSSR count). The first-order valence-electron chi connectivity index (χ1n) is 5.70. The molecule has 2 aromatic carbocycles. The van der Waals surface area contributed by atoms with Crippen LogP contribution in [0.4, 0.5) is 5.69 Å². The van der Waals surface area contributed by atoms with Gasteiger partial charge in [0.1, 0.15) is 0 Å². The van der Waals surface area contributed by atoms with Gasteiger partial charge in [-0.3, -0.25) is 4.79 Å². The number of carbonyl (C=O) groups is 1. The maximum absolute atomic E-state index is 12.4. The predicted molar refractivity (Wildman–Crippen MR) is 78.3 cm³/mol. The summed E-state index contributed by atoms with van der Waals surface area (Å²) in [6, 6.07) is 13.2. The van der Waals surface area contributed by atoms with Gasteiger partial charge in [0.05, 0.1) is 0 Å². The van der Waals surface area contributed by atoms with Crippen LogP contribution in [0.25, 0.3) is 0 Å². The Balaban J connectivity index is 2.38. The molecule has 0 aromatic heterocycles. The summed E-state index contributed by atoms with van der Waals surface area (Å²) in [5, 5.41) is 3.03. The van der Waals surface area contributed by atoms with Crippen LogP contribution in [0.2, 0.25) is 0 Å². The third-order valence-electron chi connectivity index (χ3n) is 2.88. The molecule has 1 N–H and O–H groups in total. The van der Waals surface area contributed by atoms with Crippen LogP contribution in [0.5, 0.6) is 0 Å². The zero-order valence-corrected chi connectivity index (χ0v) is 11.9. The van der Waals surface area contributed by atoms with E-state index in [4.69, 9.17) is 0 Å². The molecule has 0 aliphatic heterocycles. The van der Waals surface area contributed by atoms with Gasteiger partial charge in [0.15, 0.2) is 5.78 Å². The summed E-state index contributed by atoms with van der Waals surface area (Å²) < 4.78 is 0.920. The lowest BCUT2D eigenvalue weighted by Crippen LogP contribution is -2.03. The van der Waals surface area contributed by atoms with Crippen molar-refractivity contribution in [2.45, 2.75) is 6.92 Å². The van der Waals surface area contributed by atoms with Crippen molar-refractivity contribution < 1.29 is 4.79 Å². The smallest absolute Gasteiger partial charge is 0.193 e. The highest BCUT2D eigenvalue weighted by Crippen LogP contribution is 2.20. The summed E-state index contributed by atoms with van der Waals surface area (Å²) in [7, 11) is 1.86. The van der Waals surface area contributed by atoms with Gasteiger partial charge >= 0.3 is 0 Å². The van der Waals surface area contributed by atoms with E-state index in [0.717, 1.165) is 21.3 Å².